The van der Waals surface area contributed by atoms with Crippen molar-refractivity contribution in [3.8, 4) is 0 Å². The van der Waals surface area contributed by atoms with E-state index in [0.29, 0.717) is 11.6 Å². The largest absolute Gasteiger partial charge is 0.409 e. The van der Waals surface area contributed by atoms with Gasteiger partial charge in [0.25, 0.3) is 0 Å². The maximum atomic E-state index is 8.53. The number of nitrogens with two attached hydrogens (primary N) is 1. The molecule has 1 rings (SSSR count). The van der Waals surface area contributed by atoms with Crippen LogP contribution in [0.1, 0.15) is 26.3 Å². The summed E-state index contributed by atoms with van der Waals surface area (Å²) in [7, 11) is 0. The van der Waals surface area contributed by atoms with Crippen LogP contribution in [0.3, 0.4) is 0 Å². The molecule has 0 aliphatic rings. The third kappa shape index (κ3) is 2.62. The molecular formula is C11H18N4O. The highest BCUT2D eigenvalue weighted by Gasteiger charge is 2.09. The molecule has 1 heterocycles. The van der Waals surface area contributed by atoms with Crippen molar-refractivity contribution in [3.05, 3.63) is 23.9 Å². The number of oxime groups is 1. The van der Waals surface area contributed by atoms with Gasteiger partial charge in [-0.2, -0.15) is 0 Å². The van der Waals surface area contributed by atoms with Crippen LogP contribution in [-0.2, 0) is 0 Å². The maximum Gasteiger partial charge on any atom is 0.171 e. The quantitative estimate of drug-likeness (QED) is 0.349. The summed E-state index contributed by atoms with van der Waals surface area (Å²) >= 11 is 0. The van der Waals surface area contributed by atoms with E-state index in [4.69, 9.17) is 10.9 Å². The van der Waals surface area contributed by atoms with Gasteiger partial charge >= 0.3 is 0 Å². The van der Waals surface area contributed by atoms with E-state index in [0.717, 1.165) is 12.4 Å². The molecule has 0 aliphatic carbocycles. The highest BCUT2D eigenvalue weighted by molar-refractivity contribution is 5.96. The Balaban J connectivity index is 2.94. The standard InChI is InChI=1S/C11H18N4O/c1-4-15(8(2)3)10-6-5-9(7-13-10)11(12)14-16/h5-8,16H,4H2,1-3H3,(H2,12,14). The molecule has 0 saturated heterocycles. The van der Waals surface area contributed by atoms with Crippen molar-refractivity contribution in [2.24, 2.45) is 10.9 Å². The number of amidine groups is 1. The van der Waals surface area contributed by atoms with E-state index in [1.54, 1.807) is 12.3 Å². The van der Waals surface area contributed by atoms with Crippen molar-refractivity contribution in [3.63, 3.8) is 0 Å². The number of rotatable bonds is 4. The average Bonchev–Trinajstić information content (AvgIpc) is 2.29. The predicted molar refractivity (Wildman–Crippen MR) is 64.9 cm³/mol. The first kappa shape index (κ1) is 12.3. The first-order valence-electron chi connectivity index (χ1n) is 5.30. The SMILES string of the molecule is CCN(c1ccc(/C(N)=N/O)cn1)C(C)C. The Morgan fingerprint density at radius 3 is 2.62 bits per heavy atom. The molecule has 1 aromatic heterocycles. The third-order valence-corrected chi connectivity index (χ3v) is 2.41. The topological polar surface area (TPSA) is 74.7 Å². The Kier molecular flexibility index (Phi) is 4.10. The molecule has 0 saturated carbocycles. The van der Waals surface area contributed by atoms with E-state index in [1.807, 2.05) is 6.07 Å². The third-order valence-electron chi connectivity index (χ3n) is 2.41. The minimum atomic E-state index is 0.0756. The maximum absolute atomic E-state index is 8.53. The van der Waals surface area contributed by atoms with Gasteiger partial charge in [0.05, 0.1) is 0 Å². The van der Waals surface area contributed by atoms with E-state index in [-0.39, 0.29) is 5.84 Å². The normalized spacial score (nSPS) is 11.9. The van der Waals surface area contributed by atoms with Crippen LogP contribution < -0.4 is 10.6 Å². The van der Waals surface area contributed by atoms with E-state index in [9.17, 15) is 0 Å². The van der Waals surface area contributed by atoms with Crippen molar-refractivity contribution >= 4 is 11.7 Å². The van der Waals surface area contributed by atoms with Crippen LogP contribution in [0.25, 0.3) is 0 Å². The molecule has 0 unspecified atom stereocenters. The molecule has 16 heavy (non-hydrogen) atoms. The Morgan fingerprint density at radius 2 is 2.25 bits per heavy atom. The summed E-state index contributed by atoms with van der Waals surface area (Å²) in [4.78, 5) is 6.46. The van der Waals surface area contributed by atoms with Crippen molar-refractivity contribution < 1.29 is 5.21 Å². The first-order valence-corrected chi connectivity index (χ1v) is 5.30. The van der Waals surface area contributed by atoms with Crippen LogP contribution in [0.15, 0.2) is 23.5 Å². The number of nitrogens with zero attached hydrogens (tertiary/aromatic N) is 3. The van der Waals surface area contributed by atoms with Crippen molar-refractivity contribution in [1.29, 1.82) is 0 Å². The zero-order valence-corrected chi connectivity index (χ0v) is 9.88. The summed E-state index contributed by atoms with van der Waals surface area (Å²) in [6.07, 6.45) is 1.61. The highest BCUT2D eigenvalue weighted by atomic mass is 16.4. The van der Waals surface area contributed by atoms with Crippen LogP contribution in [0, 0.1) is 0 Å². The van der Waals surface area contributed by atoms with Crippen LogP contribution in [0.4, 0.5) is 5.82 Å². The molecule has 0 fully saturated rings. The van der Waals surface area contributed by atoms with Crippen molar-refractivity contribution in [1.82, 2.24) is 4.98 Å². The summed E-state index contributed by atoms with van der Waals surface area (Å²) in [6, 6.07) is 4.06. The molecule has 1 aromatic rings. The first-order chi connectivity index (χ1) is 7.60. The molecule has 88 valence electrons. The number of anilines is 1. The smallest absolute Gasteiger partial charge is 0.171 e. The Hall–Kier alpha value is -1.78. The van der Waals surface area contributed by atoms with E-state index in [2.05, 4.69) is 35.8 Å². The van der Waals surface area contributed by atoms with Gasteiger partial charge in [0.2, 0.25) is 0 Å². The van der Waals surface area contributed by atoms with Gasteiger partial charge in [-0.15, -0.1) is 0 Å². The molecule has 5 nitrogen and oxygen atoms in total. The van der Waals surface area contributed by atoms with Crippen LogP contribution >= 0.6 is 0 Å². The summed E-state index contributed by atoms with van der Waals surface area (Å²) in [5.74, 6) is 0.971. The second-order valence-electron chi connectivity index (χ2n) is 3.77. The fraction of sp³-hybridized carbons (Fsp3) is 0.455. The van der Waals surface area contributed by atoms with E-state index < -0.39 is 0 Å². The lowest BCUT2D eigenvalue weighted by Crippen LogP contribution is -2.31. The van der Waals surface area contributed by atoms with Gasteiger partial charge in [-0.3, -0.25) is 0 Å². The Bertz CT molecular complexity index is 359. The zero-order valence-electron chi connectivity index (χ0n) is 9.88. The summed E-state index contributed by atoms with van der Waals surface area (Å²) in [5.41, 5.74) is 6.08. The molecule has 0 bridgehead atoms. The predicted octanol–water partition coefficient (Wildman–Crippen LogP) is 1.41. The molecule has 0 spiro atoms. The van der Waals surface area contributed by atoms with Gasteiger partial charge in [-0.1, -0.05) is 5.16 Å². The number of hydrogen-bond donors (Lipinski definition) is 2. The molecule has 0 amide bonds. The lowest BCUT2D eigenvalue weighted by Gasteiger charge is -2.26. The summed E-state index contributed by atoms with van der Waals surface area (Å²) in [6.45, 7) is 7.21. The van der Waals surface area contributed by atoms with Gasteiger partial charge in [-0.25, -0.2) is 4.98 Å². The number of aromatic nitrogens is 1. The van der Waals surface area contributed by atoms with E-state index >= 15 is 0 Å². The summed E-state index contributed by atoms with van der Waals surface area (Å²) < 4.78 is 0. The fourth-order valence-electron chi connectivity index (χ4n) is 1.56. The fourth-order valence-corrected chi connectivity index (χ4v) is 1.56. The minimum Gasteiger partial charge on any atom is -0.409 e. The lowest BCUT2D eigenvalue weighted by molar-refractivity contribution is 0.318. The van der Waals surface area contributed by atoms with E-state index in [1.165, 1.54) is 0 Å². The zero-order chi connectivity index (χ0) is 12.1. The molecular weight excluding hydrogens is 204 g/mol. The van der Waals surface area contributed by atoms with Crippen LogP contribution in [-0.4, -0.2) is 28.6 Å². The second kappa shape index (κ2) is 5.34. The molecule has 0 aliphatic heterocycles. The Labute approximate surface area is 95.6 Å². The van der Waals surface area contributed by atoms with Crippen molar-refractivity contribution in [2.45, 2.75) is 26.8 Å². The number of pyridine rings is 1. The average molecular weight is 222 g/mol. The summed E-state index contributed by atoms with van der Waals surface area (Å²) in [5, 5.41) is 11.5. The number of hydrogen-bond acceptors (Lipinski definition) is 4. The van der Waals surface area contributed by atoms with Gasteiger partial charge in [0.15, 0.2) is 5.84 Å². The highest BCUT2D eigenvalue weighted by Crippen LogP contribution is 2.13. The second-order valence-corrected chi connectivity index (χ2v) is 3.77. The van der Waals surface area contributed by atoms with Crippen molar-refractivity contribution in [2.75, 3.05) is 11.4 Å². The molecule has 0 aromatic carbocycles. The molecule has 0 radical (unpaired) electrons. The lowest BCUT2D eigenvalue weighted by atomic mass is 10.2. The molecule has 3 N–H and O–H groups in total. The van der Waals surface area contributed by atoms with Gasteiger partial charge < -0.3 is 15.8 Å². The Morgan fingerprint density at radius 1 is 1.56 bits per heavy atom. The molecule has 5 heteroatoms. The monoisotopic (exact) mass is 222 g/mol. The van der Waals surface area contributed by atoms with Crippen LogP contribution in [0.2, 0.25) is 0 Å². The minimum absolute atomic E-state index is 0.0756. The van der Waals surface area contributed by atoms with Gasteiger partial charge in [0.1, 0.15) is 5.82 Å². The van der Waals surface area contributed by atoms with Gasteiger partial charge in [-0.05, 0) is 32.9 Å². The van der Waals surface area contributed by atoms with Crippen LogP contribution in [0.5, 0.6) is 0 Å². The van der Waals surface area contributed by atoms with Gasteiger partial charge in [0, 0.05) is 24.3 Å². The molecule has 0 atom stereocenters.